The molecule has 0 saturated heterocycles. The number of rotatable bonds is 4. The van der Waals surface area contributed by atoms with Gasteiger partial charge in [-0.25, -0.2) is 0 Å². The van der Waals surface area contributed by atoms with Crippen LogP contribution in [0.1, 0.15) is 29.2 Å². The Balaban J connectivity index is 2.70. The van der Waals surface area contributed by atoms with E-state index in [1.54, 1.807) is 7.05 Å². The number of hydrogen-bond acceptors (Lipinski definition) is 2. The first-order valence-electron chi connectivity index (χ1n) is 5.97. The highest BCUT2D eigenvalue weighted by atomic mass is 16.2. The van der Waals surface area contributed by atoms with Crippen LogP contribution in [0.4, 0.5) is 0 Å². The monoisotopic (exact) mass is 234 g/mol. The van der Waals surface area contributed by atoms with E-state index in [4.69, 9.17) is 0 Å². The number of carbonyl (C=O) groups excluding carboxylic acids is 1. The molecule has 0 radical (unpaired) electrons. The van der Waals surface area contributed by atoms with Crippen molar-refractivity contribution in [3.63, 3.8) is 0 Å². The summed E-state index contributed by atoms with van der Waals surface area (Å²) in [5.74, 6) is 0.0199. The third-order valence-corrected chi connectivity index (χ3v) is 3.19. The highest BCUT2D eigenvalue weighted by Gasteiger charge is 2.10. The summed E-state index contributed by atoms with van der Waals surface area (Å²) < 4.78 is 0. The van der Waals surface area contributed by atoms with Crippen LogP contribution < -0.4 is 10.6 Å². The molecule has 94 valence electrons. The maximum absolute atomic E-state index is 11.4. The smallest absolute Gasteiger partial charge is 0.236 e. The average molecular weight is 234 g/mol. The molecule has 0 aliphatic heterocycles. The molecule has 1 atom stereocenters. The molecule has 1 amide bonds. The van der Waals surface area contributed by atoms with Crippen molar-refractivity contribution in [1.82, 2.24) is 10.6 Å². The second kappa shape index (κ2) is 5.82. The molecule has 0 spiro atoms. The van der Waals surface area contributed by atoms with Gasteiger partial charge in [-0.15, -0.1) is 0 Å². The lowest BCUT2D eigenvalue weighted by molar-refractivity contribution is -0.122. The number of likely N-dealkylation sites (N-methyl/N-ethyl adjacent to an activating group) is 1. The molecule has 3 nitrogen and oxygen atoms in total. The Labute approximate surface area is 104 Å². The van der Waals surface area contributed by atoms with Crippen LogP contribution in [0.15, 0.2) is 12.1 Å². The minimum atomic E-state index is -0.166. The highest BCUT2D eigenvalue weighted by Crippen LogP contribution is 2.15. The van der Waals surface area contributed by atoms with E-state index >= 15 is 0 Å². The maximum atomic E-state index is 11.4. The van der Waals surface area contributed by atoms with Gasteiger partial charge in [0.1, 0.15) is 0 Å². The van der Waals surface area contributed by atoms with E-state index in [1.165, 1.54) is 22.3 Å². The molecule has 2 N–H and O–H groups in total. The van der Waals surface area contributed by atoms with Crippen LogP contribution in [0.2, 0.25) is 0 Å². The van der Waals surface area contributed by atoms with Crippen LogP contribution in [-0.4, -0.2) is 19.0 Å². The zero-order valence-corrected chi connectivity index (χ0v) is 11.3. The van der Waals surface area contributed by atoms with Gasteiger partial charge in [-0.1, -0.05) is 12.1 Å². The molecule has 0 fully saturated rings. The number of hydrogen-bond donors (Lipinski definition) is 2. The summed E-state index contributed by atoms with van der Waals surface area (Å²) in [6.07, 6.45) is 0. The topological polar surface area (TPSA) is 41.1 Å². The fraction of sp³-hybridized carbons (Fsp3) is 0.500. The van der Waals surface area contributed by atoms with Gasteiger partial charge in [-0.2, -0.15) is 0 Å². The summed E-state index contributed by atoms with van der Waals surface area (Å²) in [5.41, 5.74) is 5.12. The summed E-state index contributed by atoms with van der Waals surface area (Å²) in [4.78, 5) is 11.4. The van der Waals surface area contributed by atoms with E-state index in [2.05, 4.69) is 43.5 Å². The molecule has 3 heteroatoms. The van der Waals surface area contributed by atoms with Crippen LogP contribution in [0.5, 0.6) is 0 Å². The molecule has 0 aliphatic carbocycles. The van der Waals surface area contributed by atoms with Crippen molar-refractivity contribution in [2.75, 3.05) is 7.05 Å². The Bertz CT molecular complexity index is 413. The van der Waals surface area contributed by atoms with Gasteiger partial charge in [0.2, 0.25) is 5.91 Å². The number of amides is 1. The van der Waals surface area contributed by atoms with Crippen molar-refractivity contribution >= 4 is 5.91 Å². The Kier molecular flexibility index (Phi) is 4.70. The molecule has 1 aromatic carbocycles. The Morgan fingerprint density at radius 3 is 2.35 bits per heavy atom. The van der Waals surface area contributed by atoms with Gasteiger partial charge in [-0.3, -0.25) is 4.79 Å². The first-order valence-corrected chi connectivity index (χ1v) is 5.97. The van der Waals surface area contributed by atoms with E-state index < -0.39 is 0 Å². The third-order valence-electron chi connectivity index (χ3n) is 3.19. The van der Waals surface area contributed by atoms with Crippen LogP contribution in [-0.2, 0) is 11.3 Å². The largest absolute Gasteiger partial charge is 0.358 e. The lowest BCUT2D eigenvalue weighted by Crippen LogP contribution is -2.40. The minimum absolute atomic E-state index is 0.0199. The molecule has 0 saturated carbocycles. The summed E-state index contributed by atoms with van der Waals surface area (Å²) in [6.45, 7) is 8.93. The minimum Gasteiger partial charge on any atom is -0.358 e. The molecule has 0 bridgehead atoms. The second-order valence-corrected chi connectivity index (χ2v) is 4.58. The van der Waals surface area contributed by atoms with Gasteiger partial charge in [0.15, 0.2) is 0 Å². The van der Waals surface area contributed by atoms with Gasteiger partial charge < -0.3 is 10.6 Å². The average Bonchev–Trinajstić information content (AvgIpc) is 2.30. The molecular formula is C14H22N2O. The first kappa shape index (κ1) is 13.7. The predicted molar refractivity (Wildman–Crippen MR) is 71.0 cm³/mol. The zero-order chi connectivity index (χ0) is 13.0. The van der Waals surface area contributed by atoms with Crippen LogP contribution in [0.3, 0.4) is 0 Å². The molecule has 1 aromatic rings. The lowest BCUT2D eigenvalue weighted by atomic mass is 10.0. The van der Waals surface area contributed by atoms with E-state index in [0.717, 1.165) is 6.54 Å². The molecule has 17 heavy (non-hydrogen) atoms. The number of benzene rings is 1. The van der Waals surface area contributed by atoms with Gasteiger partial charge in [0, 0.05) is 13.6 Å². The number of aryl methyl sites for hydroxylation is 3. The summed E-state index contributed by atoms with van der Waals surface area (Å²) in [7, 11) is 1.65. The maximum Gasteiger partial charge on any atom is 0.236 e. The SMILES string of the molecule is CNC(=O)C(C)NCc1cc(C)c(C)cc1C. The van der Waals surface area contributed by atoms with Crippen molar-refractivity contribution in [3.8, 4) is 0 Å². The first-order chi connectivity index (χ1) is 7.95. The second-order valence-electron chi connectivity index (χ2n) is 4.58. The van der Waals surface area contributed by atoms with Crippen molar-refractivity contribution in [3.05, 3.63) is 34.4 Å². The Hall–Kier alpha value is -1.35. The summed E-state index contributed by atoms with van der Waals surface area (Å²) >= 11 is 0. The standard InChI is InChI=1S/C14H22N2O/c1-9-6-11(3)13(7-10(9)2)8-16-12(4)14(17)15-5/h6-7,12,16H,8H2,1-5H3,(H,15,17). The molecule has 1 rings (SSSR count). The van der Waals surface area contributed by atoms with Gasteiger partial charge in [0.05, 0.1) is 6.04 Å². The van der Waals surface area contributed by atoms with Crippen LogP contribution in [0.25, 0.3) is 0 Å². The molecule has 0 aliphatic rings. The lowest BCUT2D eigenvalue weighted by Gasteiger charge is -2.15. The molecular weight excluding hydrogens is 212 g/mol. The van der Waals surface area contributed by atoms with E-state index in [0.29, 0.717) is 0 Å². The quantitative estimate of drug-likeness (QED) is 0.834. The fourth-order valence-corrected chi connectivity index (χ4v) is 1.78. The predicted octanol–water partition coefficient (Wildman–Crippen LogP) is 1.84. The van der Waals surface area contributed by atoms with Crippen molar-refractivity contribution in [1.29, 1.82) is 0 Å². The number of nitrogens with one attached hydrogen (secondary N) is 2. The van der Waals surface area contributed by atoms with Crippen molar-refractivity contribution in [2.45, 2.75) is 40.3 Å². The zero-order valence-electron chi connectivity index (χ0n) is 11.3. The summed E-state index contributed by atoms with van der Waals surface area (Å²) in [5, 5.41) is 5.86. The van der Waals surface area contributed by atoms with Crippen molar-refractivity contribution < 1.29 is 4.79 Å². The fourth-order valence-electron chi connectivity index (χ4n) is 1.78. The van der Waals surface area contributed by atoms with E-state index in [1.807, 2.05) is 6.92 Å². The van der Waals surface area contributed by atoms with Crippen molar-refractivity contribution in [2.24, 2.45) is 0 Å². The third kappa shape index (κ3) is 3.56. The number of carbonyl (C=O) groups is 1. The summed E-state index contributed by atoms with van der Waals surface area (Å²) in [6, 6.07) is 4.21. The molecule has 0 heterocycles. The Morgan fingerprint density at radius 1 is 1.18 bits per heavy atom. The van der Waals surface area contributed by atoms with Gasteiger partial charge >= 0.3 is 0 Å². The normalized spacial score (nSPS) is 12.3. The van der Waals surface area contributed by atoms with Gasteiger partial charge in [-0.05, 0) is 49.9 Å². The van der Waals surface area contributed by atoms with Gasteiger partial charge in [0.25, 0.3) is 0 Å². The van der Waals surface area contributed by atoms with E-state index in [-0.39, 0.29) is 11.9 Å². The Morgan fingerprint density at radius 2 is 1.76 bits per heavy atom. The molecule has 1 unspecified atom stereocenters. The highest BCUT2D eigenvalue weighted by molar-refractivity contribution is 5.80. The van der Waals surface area contributed by atoms with Crippen LogP contribution >= 0.6 is 0 Å². The molecule has 0 aromatic heterocycles. The van der Waals surface area contributed by atoms with Crippen LogP contribution in [0, 0.1) is 20.8 Å². The van der Waals surface area contributed by atoms with E-state index in [9.17, 15) is 4.79 Å².